The van der Waals surface area contributed by atoms with E-state index in [1.807, 2.05) is 30.3 Å². The van der Waals surface area contributed by atoms with E-state index in [9.17, 15) is 13.0 Å². The van der Waals surface area contributed by atoms with Crippen molar-refractivity contribution < 1.29 is 17.7 Å². The Kier molecular flexibility index (Phi) is 6.82. The van der Waals surface area contributed by atoms with Crippen LogP contribution in [0.25, 0.3) is 0 Å². The van der Waals surface area contributed by atoms with Gasteiger partial charge in [-0.05, 0) is 37.1 Å². The number of unbranched alkanes of at least 4 members (excludes halogenated alkanes) is 4. The second kappa shape index (κ2) is 8.85. The van der Waals surface area contributed by atoms with E-state index in [2.05, 4.69) is 6.92 Å². The van der Waals surface area contributed by atoms with Gasteiger partial charge >= 0.3 is 0 Å². The highest BCUT2D eigenvalue weighted by molar-refractivity contribution is 7.85. The molecular formula is C19H24O4S. The van der Waals surface area contributed by atoms with Crippen LogP contribution in [0.5, 0.6) is 11.5 Å². The van der Waals surface area contributed by atoms with E-state index in [4.69, 9.17) is 4.74 Å². The molecule has 0 fully saturated rings. The molecule has 2 rings (SSSR count). The Bertz CT molecular complexity index is 739. The van der Waals surface area contributed by atoms with Crippen molar-refractivity contribution in [3.05, 3.63) is 54.1 Å². The van der Waals surface area contributed by atoms with E-state index in [1.165, 1.54) is 12.5 Å². The zero-order valence-corrected chi connectivity index (χ0v) is 14.8. The average Bonchev–Trinajstić information content (AvgIpc) is 2.55. The van der Waals surface area contributed by atoms with Gasteiger partial charge < -0.3 is 4.74 Å². The van der Waals surface area contributed by atoms with Gasteiger partial charge in [0.15, 0.2) is 0 Å². The molecule has 24 heavy (non-hydrogen) atoms. The number of para-hydroxylation sites is 1. The molecule has 0 bridgehead atoms. The lowest BCUT2D eigenvalue weighted by Gasteiger charge is -2.14. The molecule has 2 aromatic carbocycles. The standard InChI is InChI=1S/C19H24O4S/c1-2-3-4-5-9-13-17-18(23-16-11-7-6-8-12-16)14-10-15-19(17)24(20,21)22/h6-8,10-12,14-15H,2-5,9,13H2,1H3,(H,20,21,22). The van der Waals surface area contributed by atoms with Crippen LogP contribution in [0.4, 0.5) is 0 Å². The largest absolute Gasteiger partial charge is 0.457 e. The molecule has 5 heteroatoms. The fourth-order valence-corrected chi connectivity index (χ4v) is 3.41. The first kappa shape index (κ1) is 18.5. The Balaban J connectivity index is 2.25. The highest BCUT2D eigenvalue weighted by Crippen LogP contribution is 2.31. The lowest BCUT2D eigenvalue weighted by molar-refractivity contribution is 0.462. The van der Waals surface area contributed by atoms with Crippen LogP contribution in [0.1, 0.15) is 44.6 Å². The Morgan fingerprint density at radius 1 is 0.917 bits per heavy atom. The third-order valence-electron chi connectivity index (χ3n) is 3.87. The summed E-state index contributed by atoms with van der Waals surface area (Å²) in [4.78, 5) is -0.0635. The predicted octanol–water partition coefficient (Wildman–Crippen LogP) is 5.24. The van der Waals surface area contributed by atoms with Crippen LogP contribution in [0.2, 0.25) is 0 Å². The van der Waals surface area contributed by atoms with Gasteiger partial charge in [0, 0.05) is 5.56 Å². The predicted molar refractivity (Wildman–Crippen MR) is 95.2 cm³/mol. The minimum atomic E-state index is -4.28. The molecule has 0 heterocycles. The van der Waals surface area contributed by atoms with Crippen LogP contribution in [0.3, 0.4) is 0 Å². The van der Waals surface area contributed by atoms with Gasteiger partial charge in [0.1, 0.15) is 16.4 Å². The Morgan fingerprint density at radius 3 is 2.29 bits per heavy atom. The maximum atomic E-state index is 11.7. The number of benzene rings is 2. The normalized spacial score (nSPS) is 11.4. The van der Waals surface area contributed by atoms with E-state index in [0.29, 0.717) is 23.5 Å². The fraction of sp³-hybridized carbons (Fsp3) is 0.368. The SMILES string of the molecule is CCCCCCCc1c(Oc2ccccc2)cccc1S(=O)(=O)O. The van der Waals surface area contributed by atoms with Gasteiger partial charge in [0.25, 0.3) is 10.1 Å². The first-order chi connectivity index (χ1) is 11.5. The number of hydrogen-bond acceptors (Lipinski definition) is 3. The molecule has 0 aromatic heterocycles. The minimum Gasteiger partial charge on any atom is -0.457 e. The number of ether oxygens (including phenoxy) is 1. The second-order valence-corrected chi connectivity index (χ2v) is 7.18. The number of hydrogen-bond donors (Lipinski definition) is 1. The first-order valence-electron chi connectivity index (χ1n) is 8.34. The molecule has 0 saturated carbocycles. The van der Waals surface area contributed by atoms with Crippen molar-refractivity contribution in [2.45, 2.75) is 50.3 Å². The molecule has 0 aliphatic carbocycles. The van der Waals surface area contributed by atoms with Crippen LogP contribution in [-0.4, -0.2) is 13.0 Å². The zero-order valence-electron chi connectivity index (χ0n) is 13.9. The summed E-state index contributed by atoms with van der Waals surface area (Å²) in [6.07, 6.45) is 5.90. The third-order valence-corrected chi connectivity index (χ3v) is 4.81. The van der Waals surface area contributed by atoms with E-state index in [-0.39, 0.29) is 4.90 Å². The van der Waals surface area contributed by atoms with Crippen molar-refractivity contribution in [2.75, 3.05) is 0 Å². The van der Waals surface area contributed by atoms with Crippen LogP contribution < -0.4 is 4.74 Å². The van der Waals surface area contributed by atoms with Gasteiger partial charge in [0.05, 0.1) is 0 Å². The van der Waals surface area contributed by atoms with Crippen molar-refractivity contribution in [3.63, 3.8) is 0 Å². The van der Waals surface area contributed by atoms with Crippen LogP contribution >= 0.6 is 0 Å². The smallest absolute Gasteiger partial charge is 0.294 e. The lowest BCUT2D eigenvalue weighted by Crippen LogP contribution is -2.05. The summed E-state index contributed by atoms with van der Waals surface area (Å²) in [5.41, 5.74) is 0.542. The zero-order chi connectivity index (χ0) is 17.4. The van der Waals surface area contributed by atoms with E-state index < -0.39 is 10.1 Å². The van der Waals surface area contributed by atoms with Crippen LogP contribution in [0.15, 0.2) is 53.4 Å². The quantitative estimate of drug-likeness (QED) is 0.497. The summed E-state index contributed by atoms with van der Waals surface area (Å²) >= 11 is 0. The molecule has 4 nitrogen and oxygen atoms in total. The van der Waals surface area contributed by atoms with Crippen molar-refractivity contribution >= 4 is 10.1 Å². The molecule has 0 atom stereocenters. The fourth-order valence-electron chi connectivity index (χ4n) is 2.65. The van der Waals surface area contributed by atoms with Gasteiger partial charge in [-0.15, -0.1) is 0 Å². The number of rotatable bonds is 9. The highest BCUT2D eigenvalue weighted by Gasteiger charge is 2.19. The molecule has 0 amide bonds. The van der Waals surface area contributed by atoms with Crippen molar-refractivity contribution in [1.29, 1.82) is 0 Å². The van der Waals surface area contributed by atoms with E-state index >= 15 is 0 Å². The van der Waals surface area contributed by atoms with Crippen molar-refractivity contribution in [2.24, 2.45) is 0 Å². The maximum Gasteiger partial charge on any atom is 0.294 e. The third kappa shape index (κ3) is 5.35. The topological polar surface area (TPSA) is 63.6 Å². The lowest BCUT2D eigenvalue weighted by atomic mass is 10.0. The summed E-state index contributed by atoms with van der Waals surface area (Å²) in [6, 6.07) is 14.0. The molecule has 1 N–H and O–H groups in total. The van der Waals surface area contributed by atoms with Gasteiger partial charge in [0.2, 0.25) is 0 Å². The molecule has 130 valence electrons. The Hall–Kier alpha value is -1.85. The van der Waals surface area contributed by atoms with Gasteiger partial charge in [-0.3, -0.25) is 4.55 Å². The molecule has 0 aliphatic heterocycles. The Morgan fingerprint density at radius 2 is 1.62 bits per heavy atom. The van der Waals surface area contributed by atoms with Crippen molar-refractivity contribution in [1.82, 2.24) is 0 Å². The van der Waals surface area contributed by atoms with Crippen molar-refractivity contribution in [3.8, 4) is 11.5 Å². The molecule has 0 radical (unpaired) electrons. The van der Waals surface area contributed by atoms with E-state index in [1.54, 1.807) is 12.1 Å². The second-order valence-electron chi connectivity index (χ2n) is 5.79. The molecule has 0 aliphatic rings. The molecule has 2 aromatic rings. The summed E-state index contributed by atoms with van der Waals surface area (Å²) in [6.45, 7) is 2.15. The molecular weight excluding hydrogens is 324 g/mol. The summed E-state index contributed by atoms with van der Waals surface area (Å²) in [5.74, 6) is 1.11. The van der Waals surface area contributed by atoms with E-state index in [0.717, 1.165) is 25.7 Å². The van der Waals surface area contributed by atoms with Crippen LogP contribution in [-0.2, 0) is 16.5 Å². The van der Waals surface area contributed by atoms with Gasteiger partial charge in [-0.1, -0.05) is 56.9 Å². The van der Waals surface area contributed by atoms with Gasteiger partial charge in [-0.2, -0.15) is 8.42 Å². The Labute approximate surface area is 144 Å². The first-order valence-corrected chi connectivity index (χ1v) is 9.78. The minimum absolute atomic E-state index is 0.0635. The monoisotopic (exact) mass is 348 g/mol. The molecule has 0 unspecified atom stereocenters. The molecule has 0 saturated heterocycles. The van der Waals surface area contributed by atoms with Gasteiger partial charge in [-0.25, -0.2) is 0 Å². The maximum absolute atomic E-state index is 11.7. The average molecular weight is 348 g/mol. The summed E-state index contributed by atoms with van der Waals surface area (Å²) in [7, 11) is -4.28. The van der Waals surface area contributed by atoms with Crippen LogP contribution in [0, 0.1) is 0 Å². The molecule has 0 spiro atoms. The highest BCUT2D eigenvalue weighted by atomic mass is 32.2. The summed E-state index contributed by atoms with van der Waals surface area (Å²) < 4.78 is 38.8. The summed E-state index contributed by atoms with van der Waals surface area (Å²) in [5, 5.41) is 0.